The lowest BCUT2D eigenvalue weighted by Gasteiger charge is -1.99. The van der Waals surface area contributed by atoms with Gasteiger partial charge in [0.1, 0.15) is 0 Å². The molecule has 0 aliphatic carbocycles. The molecule has 1 atom stereocenters. The van der Waals surface area contributed by atoms with E-state index in [0.717, 1.165) is 0 Å². The molecule has 5 heteroatoms. The summed E-state index contributed by atoms with van der Waals surface area (Å²) < 4.78 is 1.56. The second-order valence-corrected chi connectivity index (χ2v) is 2.82. The molecular formula is C7H12N4O. The monoisotopic (exact) mass is 168 g/mol. The summed E-state index contributed by atoms with van der Waals surface area (Å²) >= 11 is 0. The van der Waals surface area contributed by atoms with Crippen molar-refractivity contribution < 1.29 is 4.79 Å². The standard InChI is InChI=1S/C7H12N4O/c1-5(8)7(12)3-6-4-11(2)10-9-6/h4-5H,3,8H2,1-2H3. The Kier molecular flexibility index (Phi) is 2.54. The molecule has 0 radical (unpaired) electrons. The van der Waals surface area contributed by atoms with Gasteiger partial charge in [-0.25, -0.2) is 0 Å². The molecule has 0 bridgehead atoms. The zero-order valence-corrected chi connectivity index (χ0v) is 7.19. The van der Waals surface area contributed by atoms with Crippen molar-refractivity contribution in [3.8, 4) is 0 Å². The highest BCUT2D eigenvalue weighted by Gasteiger charge is 2.10. The van der Waals surface area contributed by atoms with E-state index in [0.29, 0.717) is 5.69 Å². The van der Waals surface area contributed by atoms with Gasteiger partial charge in [0.15, 0.2) is 5.78 Å². The highest BCUT2D eigenvalue weighted by atomic mass is 16.1. The summed E-state index contributed by atoms with van der Waals surface area (Å²) in [6.45, 7) is 1.67. The highest BCUT2D eigenvalue weighted by molar-refractivity contribution is 5.84. The maximum Gasteiger partial charge on any atom is 0.155 e. The molecular weight excluding hydrogens is 156 g/mol. The summed E-state index contributed by atoms with van der Waals surface area (Å²) in [6, 6.07) is -0.424. The molecule has 1 aromatic heterocycles. The van der Waals surface area contributed by atoms with Crippen LogP contribution in [0.1, 0.15) is 12.6 Å². The minimum absolute atomic E-state index is 0.0181. The first-order valence-corrected chi connectivity index (χ1v) is 3.73. The van der Waals surface area contributed by atoms with Crippen molar-refractivity contribution in [2.24, 2.45) is 12.8 Å². The predicted octanol–water partition coefficient (Wildman–Crippen LogP) is -0.726. The zero-order chi connectivity index (χ0) is 9.14. The third-order valence-electron chi connectivity index (χ3n) is 1.51. The molecule has 0 amide bonds. The Bertz CT molecular complexity index is 279. The molecule has 1 heterocycles. The Labute approximate surface area is 70.6 Å². The fraction of sp³-hybridized carbons (Fsp3) is 0.571. The van der Waals surface area contributed by atoms with Gasteiger partial charge in [0, 0.05) is 13.2 Å². The van der Waals surface area contributed by atoms with Crippen molar-refractivity contribution in [3.05, 3.63) is 11.9 Å². The number of aryl methyl sites for hydroxylation is 1. The normalized spacial score (nSPS) is 12.9. The van der Waals surface area contributed by atoms with Crippen LogP contribution in [0.15, 0.2) is 6.20 Å². The maximum atomic E-state index is 11.1. The molecule has 5 nitrogen and oxygen atoms in total. The van der Waals surface area contributed by atoms with E-state index >= 15 is 0 Å². The van der Waals surface area contributed by atoms with Crippen LogP contribution in [-0.2, 0) is 18.3 Å². The van der Waals surface area contributed by atoms with Crippen LogP contribution in [0.5, 0.6) is 0 Å². The Morgan fingerprint density at radius 1 is 1.83 bits per heavy atom. The van der Waals surface area contributed by atoms with Crippen LogP contribution in [0.2, 0.25) is 0 Å². The molecule has 0 aromatic carbocycles. The molecule has 0 aliphatic heterocycles. The lowest BCUT2D eigenvalue weighted by Crippen LogP contribution is -2.28. The average Bonchev–Trinajstić information content (AvgIpc) is 2.35. The van der Waals surface area contributed by atoms with Crippen molar-refractivity contribution in [1.82, 2.24) is 15.0 Å². The molecule has 1 unspecified atom stereocenters. The van der Waals surface area contributed by atoms with E-state index in [1.807, 2.05) is 0 Å². The fourth-order valence-corrected chi connectivity index (χ4v) is 0.816. The molecule has 12 heavy (non-hydrogen) atoms. The smallest absolute Gasteiger partial charge is 0.155 e. The molecule has 1 rings (SSSR count). The van der Waals surface area contributed by atoms with Crippen LogP contribution in [0.25, 0.3) is 0 Å². The van der Waals surface area contributed by atoms with Crippen LogP contribution in [0, 0.1) is 0 Å². The number of rotatable bonds is 3. The molecule has 66 valence electrons. The number of nitrogens with two attached hydrogens (primary N) is 1. The van der Waals surface area contributed by atoms with Gasteiger partial charge in [-0.1, -0.05) is 5.21 Å². The third-order valence-corrected chi connectivity index (χ3v) is 1.51. The minimum Gasteiger partial charge on any atom is -0.322 e. The fourth-order valence-electron chi connectivity index (χ4n) is 0.816. The van der Waals surface area contributed by atoms with E-state index < -0.39 is 6.04 Å². The average molecular weight is 168 g/mol. The van der Waals surface area contributed by atoms with Gasteiger partial charge in [-0.3, -0.25) is 9.48 Å². The largest absolute Gasteiger partial charge is 0.322 e. The van der Waals surface area contributed by atoms with E-state index in [1.165, 1.54) is 0 Å². The van der Waals surface area contributed by atoms with E-state index in [2.05, 4.69) is 10.3 Å². The molecule has 0 saturated heterocycles. The summed E-state index contributed by atoms with van der Waals surface area (Å²) in [5, 5.41) is 7.48. The number of carbonyl (C=O) groups is 1. The highest BCUT2D eigenvalue weighted by Crippen LogP contribution is 1.95. The van der Waals surface area contributed by atoms with Crippen LogP contribution < -0.4 is 5.73 Å². The Hall–Kier alpha value is -1.23. The van der Waals surface area contributed by atoms with E-state index in [-0.39, 0.29) is 12.2 Å². The predicted molar refractivity (Wildman–Crippen MR) is 43.4 cm³/mol. The second-order valence-electron chi connectivity index (χ2n) is 2.82. The van der Waals surface area contributed by atoms with Crippen LogP contribution >= 0.6 is 0 Å². The van der Waals surface area contributed by atoms with E-state index in [4.69, 9.17) is 5.73 Å². The number of carbonyl (C=O) groups excluding carboxylic acids is 1. The number of aromatic nitrogens is 3. The summed E-state index contributed by atoms with van der Waals surface area (Å²) in [5.74, 6) is -0.0181. The maximum absolute atomic E-state index is 11.1. The SMILES string of the molecule is CC(N)C(=O)Cc1cn(C)nn1. The molecule has 1 aromatic rings. The first-order chi connectivity index (χ1) is 5.59. The number of hydrogen-bond acceptors (Lipinski definition) is 4. The van der Waals surface area contributed by atoms with Gasteiger partial charge < -0.3 is 5.73 Å². The topological polar surface area (TPSA) is 73.8 Å². The van der Waals surface area contributed by atoms with Crippen LogP contribution in [0.3, 0.4) is 0 Å². The summed E-state index contributed by atoms with van der Waals surface area (Å²) in [7, 11) is 1.76. The van der Waals surface area contributed by atoms with Crippen molar-refractivity contribution in [1.29, 1.82) is 0 Å². The molecule has 0 saturated carbocycles. The molecule has 0 fully saturated rings. The summed E-state index contributed by atoms with van der Waals surface area (Å²) in [6.07, 6.45) is 1.98. The van der Waals surface area contributed by atoms with Gasteiger partial charge in [-0.2, -0.15) is 0 Å². The Balaban J connectivity index is 2.58. The first kappa shape index (κ1) is 8.86. The first-order valence-electron chi connectivity index (χ1n) is 3.73. The van der Waals surface area contributed by atoms with Crippen molar-refractivity contribution in [2.45, 2.75) is 19.4 Å². The molecule has 0 spiro atoms. The zero-order valence-electron chi connectivity index (χ0n) is 7.19. The number of nitrogens with zero attached hydrogens (tertiary/aromatic N) is 3. The van der Waals surface area contributed by atoms with E-state index in [9.17, 15) is 4.79 Å². The lowest BCUT2D eigenvalue weighted by molar-refractivity contribution is -0.119. The van der Waals surface area contributed by atoms with Gasteiger partial charge in [0.05, 0.1) is 18.2 Å². The summed E-state index contributed by atoms with van der Waals surface area (Å²) in [5.41, 5.74) is 6.05. The van der Waals surface area contributed by atoms with Crippen molar-refractivity contribution in [2.75, 3.05) is 0 Å². The van der Waals surface area contributed by atoms with Crippen molar-refractivity contribution in [3.63, 3.8) is 0 Å². The van der Waals surface area contributed by atoms with Gasteiger partial charge >= 0.3 is 0 Å². The lowest BCUT2D eigenvalue weighted by atomic mass is 10.1. The van der Waals surface area contributed by atoms with E-state index in [1.54, 1.807) is 24.9 Å². The van der Waals surface area contributed by atoms with Gasteiger partial charge in [-0.05, 0) is 6.92 Å². The second kappa shape index (κ2) is 3.44. The minimum atomic E-state index is -0.424. The Morgan fingerprint density at radius 3 is 2.92 bits per heavy atom. The van der Waals surface area contributed by atoms with Crippen LogP contribution in [-0.4, -0.2) is 26.8 Å². The van der Waals surface area contributed by atoms with Gasteiger partial charge in [0.25, 0.3) is 0 Å². The third kappa shape index (κ3) is 2.13. The number of hydrogen-bond donors (Lipinski definition) is 1. The number of Topliss-reactive ketones (excluding diaryl/α,β-unsaturated/α-hetero) is 1. The summed E-state index contributed by atoms with van der Waals surface area (Å²) in [4.78, 5) is 11.1. The molecule has 2 N–H and O–H groups in total. The number of ketones is 1. The van der Waals surface area contributed by atoms with Gasteiger partial charge in [0.2, 0.25) is 0 Å². The van der Waals surface area contributed by atoms with Crippen molar-refractivity contribution >= 4 is 5.78 Å². The van der Waals surface area contributed by atoms with Crippen LogP contribution in [0.4, 0.5) is 0 Å². The molecule has 0 aliphatic rings. The quantitative estimate of drug-likeness (QED) is 0.646. The van der Waals surface area contributed by atoms with Gasteiger partial charge in [-0.15, -0.1) is 5.10 Å². The Morgan fingerprint density at radius 2 is 2.50 bits per heavy atom.